The predicted molar refractivity (Wildman–Crippen MR) is 53.0 cm³/mol. The summed E-state index contributed by atoms with van der Waals surface area (Å²) in [7, 11) is 0. The van der Waals surface area contributed by atoms with E-state index in [2.05, 4.69) is 15.2 Å². The molecule has 1 aromatic heterocycles. The Balaban J connectivity index is 0.000000187. The highest BCUT2D eigenvalue weighted by atomic mass is 16.3. The first-order valence-corrected chi connectivity index (χ1v) is 4.08. The average Bonchev–Trinajstić information content (AvgIpc) is 2.75. The van der Waals surface area contributed by atoms with Crippen molar-refractivity contribution in [3.8, 4) is 5.75 Å². The first-order chi connectivity index (χ1) is 7.22. The molecule has 2 aromatic rings. The maximum Gasteiger partial charge on any atom is 0.252 e. The number of carbonyl (C=O) groups excluding carboxylic acids is 1. The summed E-state index contributed by atoms with van der Waals surface area (Å²) >= 11 is 0. The topological polar surface area (TPSA) is 105 Å². The van der Waals surface area contributed by atoms with Gasteiger partial charge in [-0.3, -0.25) is 9.89 Å². The van der Waals surface area contributed by atoms with Gasteiger partial charge in [-0.1, -0.05) is 12.1 Å². The number of primary amides is 1. The van der Waals surface area contributed by atoms with E-state index in [-0.39, 0.29) is 11.3 Å². The molecule has 6 heteroatoms. The molecular weight excluding hydrogens is 196 g/mol. The van der Waals surface area contributed by atoms with E-state index in [4.69, 9.17) is 10.8 Å². The third-order valence-corrected chi connectivity index (χ3v) is 1.50. The Morgan fingerprint density at radius 2 is 2.13 bits per heavy atom. The van der Waals surface area contributed by atoms with E-state index in [0.29, 0.717) is 0 Å². The lowest BCUT2D eigenvalue weighted by molar-refractivity contribution is 0.0998. The maximum absolute atomic E-state index is 10.5. The molecule has 0 fully saturated rings. The number of para-hydroxylation sites is 1. The zero-order chi connectivity index (χ0) is 11.1. The number of phenols is 1. The van der Waals surface area contributed by atoms with Gasteiger partial charge in [0.2, 0.25) is 0 Å². The Labute approximate surface area is 85.8 Å². The van der Waals surface area contributed by atoms with Crippen LogP contribution in [0.3, 0.4) is 0 Å². The summed E-state index contributed by atoms with van der Waals surface area (Å²) in [6.07, 6.45) is 2.96. The molecule has 6 nitrogen and oxygen atoms in total. The van der Waals surface area contributed by atoms with E-state index >= 15 is 0 Å². The zero-order valence-electron chi connectivity index (χ0n) is 7.79. The van der Waals surface area contributed by atoms with Gasteiger partial charge in [0.15, 0.2) is 0 Å². The third kappa shape index (κ3) is 3.47. The van der Waals surface area contributed by atoms with Crippen molar-refractivity contribution in [3.63, 3.8) is 0 Å². The highest BCUT2D eigenvalue weighted by molar-refractivity contribution is 5.95. The molecule has 0 bridgehead atoms. The van der Waals surface area contributed by atoms with E-state index in [9.17, 15) is 4.79 Å². The Bertz CT molecular complexity index is 397. The summed E-state index contributed by atoms with van der Waals surface area (Å²) in [4.78, 5) is 14.0. The fourth-order valence-electron chi connectivity index (χ4n) is 0.849. The number of benzene rings is 1. The normalized spacial score (nSPS) is 8.80. The van der Waals surface area contributed by atoms with Crippen LogP contribution in [0.5, 0.6) is 5.75 Å². The number of carbonyl (C=O) groups is 1. The van der Waals surface area contributed by atoms with Gasteiger partial charge >= 0.3 is 0 Å². The van der Waals surface area contributed by atoms with Gasteiger partial charge in [-0.05, 0) is 12.1 Å². The fraction of sp³-hybridized carbons (Fsp3) is 0. The fourth-order valence-corrected chi connectivity index (χ4v) is 0.849. The summed E-state index contributed by atoms with van der Waals surface area (Å²) < 4.78 is 0. The highest BCUT2D eigenvalue weighted by Crippen LogP contribution is 2.13. The number of nitrogens with two attached hydrogens (primary N) is 1. The van der Waals surface area contributed by atoms with E-state index in [1.807, 2.05) is 0 Å². The van der Waals surface area contributed by atoms with Crippen molar-refractivity contribution >= 4 is 5.91 Å². The van der Waals surface area contributed by atoms with Crippen LogP contribution >= 0.6 is 0 Å². The second-order valence-corrected chi connectivity index (χ2v) is 2.53. The number of aromatic nitrogens is 3. The molecule has 0 aliphatic heterocycles. The average molecular weight is 206 g/mol. The van der Waals surface area contributed by atoms with Crippen LogP contribution in [0.15, 0.2) is 36.9 Å². The van der Waals surface area contributed by atoms with E-state index in [1.54, 1.807) is 12.1 Å². The number of aromatic amines is 1. The molecule has 0 atom stereocenters. The Morgan fingerprint density at radius 1 is 1.40 bits per heavy atom. The standard InChI is InChI=1S/C7H7NO2.C2H3N3/c8-7(10)5-3-1-2-4-6(5)9;1-3-2-5-4-1/h1-4,9H,(H2,8,10);1-2H,(H,3,4,5). The van der Waals surface area contributed by atoms with Crippen molar-refractivity contribution in [1.29, 1.82) is 0 Å². The van der Waals surface area contributed by atoms with Crippen LogP contribution in [0, 0.1) is 0 Å². The molecule has 4 N–H and O–H groups in total. The number of aromatic hydroxyl groups is 1. The van der Waals surface area contributed by atoms with Crippen molar-refractivity contribution in [2.75, 3.05) is 0 Å². The predicted octanol–water partition coefficient (Wildman–Crippen LogP) is 0.296. The SMILES string of the molecule is NC(=O)c1ccccc1O.c1nc[nH]n1. The molecule has 0 saturated carbocycles. The minimum Gasteiger partial charge on any atom is -0.507 e. The molecule has 0 aliphatic carbocycles. The second-order valence-electron chi connectivity index (χ2n) is 2.53. The van der Waals surface area contributed by atoms with Gasteiger partial charge < -0.3 is 10.8 Å². The second kappa shape index (κ2) is 5.38. The van der Waals surface area contributed by atoms with Crippen molar-refractivity contribution in [2.24, 2.45) is 5.73 Å². The molecule has 1 heterocycles. The maximum atomic E-state index is 10.5. The van der Waals surface area contributed by atoms with Gasteiger partial charge in [-0.25, -0.2) is 4.98 Å². The van der Waals surface area contributed by atoms with Crippen LogP contribution in [-0.4, -0.2) is 26.2 Å². The summed E-state index contributed by atoms with van der Waals surface area (Å²) in [5.41, 5.74) is 5.07. The van der Waals surface area contributed by atoms with Crippen molar-refractivity contribution in [2.45, 2.75) is 0 Å². The van der Waals surface area contributed by atoms with Crippen LogP contribution in [0.25, 0.3) is 0 Å². The summed E-state index contributed by atoms with van der Waals surface area (Å²) in [6.45, 7) is 0. The lowest BCUT2D eigenvalue weighted by atomic mass is 10.2. The van der Waals surface area contributed by atoms with Gasteiger partial charge in [0.25, 0.3) is 5.91 Å². The lowest BCUT2D eigenvalue weighted by Gasteiger charge is -1.96. The van der Waals surface area contributed by atoms with Crippen LogP contribution in [0.1, 0.15) is 10.4 Å². The largest absolute Gasteiger partial charge is 0.507 e. The molecule has 1 aromatic carbocycles. The minimum atomic E-state index is -0.613. The van der Waals surface area contributed by atoms with Crippen molar-refractivity contribution < 1.29 is 9.90 Å². The molecule has 78 valence electrons. The minimum absolute atomic E-state index is 0.0741. The summed E-state index contributed by atoms with van der Waals surface area (Å²) in [5.74, 6) is -0.687. The van der Waals surface area contributed by atoms with Gasteiger partial charge in [0, 0.05) is 0 Å². The quantitative estimate of drug-likeness (QED) is 0.623. The van der Waals surface area contributed by atoms with Crippen LogP contribution in [0.4, 0.5) is 0 Å². The van der Waals surface area contributed by atoms with Crippen LogP contribution in [-0.2, 0) is 0 Å². The summed E-state index contributed by atoms with van der Waals surface area (Å²) in [6, 6.07) is 6.15. The molecule has 0 aliphatic rings. The smallest absolute Gasteiger partial charge is 0.252 e. The lowest BCUT2D eigenvalue weighted by Crippen LogP contribution is -2.10. The Kier molecular flexibility index (Phi) is 3.84. The number of nitrogens with one attached hydrogen (secondary N) is 1. The number of nitrogens with zero attached hydrogens (tertiary/aromatic N) is 2. The van der Waals surface area contributed by atoms with E-state index in [1.165, 1.54) is 24.8 Å². The van der Waals surface area contributed by atoms with E-state index < -0.39 is 5.91 Å². The number of H-pyrrole nitrogens is 1. The molecule has 0 saturated heterocycles. The number of rotatable bonds is 1. The van der Waals surface area contributed by atoms with Crippen LogP contribution < -0.4 is 5.73 Å². The molecule has 0 unspecified atom stereocenters. The molecule has 0 spiro atoms. The molecular formula is C9H10N4O2. The van der Waals surface area contributed by atoms with Crippen molar-refractivity contribution in [3.05, 3.63) is 42.5 Å². The first-order valence-electron chi connectivity index (χ1n) is 4.08. The van der Waals surface area contributed by atoms with Gasteiger partial charge in [-0.15, -0.1) is 0 Å². The van der Waals surface area contributed by atoms with Gasteiger partial charge in [0.05, 0.1) is 5.56 Å². The highest BCUT2D eigenvalue weighted by Gasteiger charge is 2.03. The first kappa shape index (κ1) is 10.7. The molecule has 15 heavy (non-hydrogen) atoms. The molecule has 0 radical (unpaired) electrons. The Hall–Kier alpha value is -2.37. The van der Waals surface area contributed by atoms with Crippen LogP contribution in [0.2, 0.25) is 0 Å². The van der Waals surface area contributed by atoms with Gasteiger partial charge in [0.1, 0.15) is 18.4 Å². The van der Waals surface area contributed by atoms with Crippen molar-refractivity contribution in [1.82, 2.24) is 15.2 Å². The number of amides is 1. The zero-order valence-corrected chi connectivity index (χ0v) is 7.79. The van der Waals surface area contributed by atoms with E-state index in [0.717, 1.165) is 0 Å². The number of hydrogen-bond donors (Lipinski definition) is 3. The number of hydrogen-bond acceptors (Lipinski definition) is 4. The molecule has 2 rings (SSSR count). The summed E-state index contributed by atoms with van der Waals surface area (Å²) in [5, 5.41) is 15.0. The van der Waals surface area contributed by atoms with Gasteiger partial charge in [-0.2, -0.15) is 5.10 Å². The molecule has 1 amide bonds. The Morgan fingerprint density at radius 3 is 2.47 bits per heavy atom. The monoisotopic (exact) mass is 206 g/mol. The third-order valence-electron chi connectivity index (χ3n) is 1.50.